The molecule has 6 heteroatoms. The first kappa shape index (κ1) is 21.4. The van der Waals surface area contributed by atoms with Gasteiger partial charge in [-0.2, -0.15) is 0 Å². The Hall–Kier alpha value is -0.620. The highest BCUT2D eigenvalue weighted by molar-refractivity contribution is 9.10. The van der Waals surface area contributed by atoms with E-state index in [1.807, 2.05) is 26.2 Å². The Bertz CT molecular complexity index is 446. The molecule has 0 heterocycles. The zero-order valence-electron chi connectivity index (χ0n) is 13.5. The molecule has 1 aromatic rings. The van der Waals surface area contributed by atoms with E-state index in [4.69, 9.17) is 4.74 Å². The molecule has 1 atom stereocenters. The highest BCUT2D eigenvalue weighted by Gasteiger charge is 2.22. The smallest absolute Gasteiger partial charge is 0.225 e. The van der Waals surface area contributed by atoms with Gasteiger partial charge in [0, 0.05) is 44.2 Å². The number of nitrogens with one attached hydrogen (secondary N) is 1. The van der Waals surface area contributed by atoms with Crippen molar-refractivity contribution in [1.29, 1.82) is 0 Å². The zero-order chi connectivity index (χ0) is 15.7. The van der Waals surface area contributed by atoms with Crippen LogP contribution in [0.15, 0.2) is 28.7 Å². The fraction of sp³-hybridized carbons (Fsp3) is 0.562. The minimum atomic E-state index is -0.0406. The molecule has 0 bridgehead atoms. The Balaban J connectivity index is 0.00000441. The molecule has 1 rings (SSSR count). The largest absolute Gasteiger partial charge is 0.385 e. The van der Waals surface area contributed by atoms with Crippen molar-refractivity contribution in [3.63, 3.8) is 0 Å². The van der Waals surface area contributed by atoms with Gasteiger partial charge in [-0.15, -0.1) is 12.4 Å². The number of benzene rings is 1. The number of halogens is 2. The molecule has 0 aliphatic carbocycles. The Kier molecular flexibility index (Phi) is 11.5. The van der Waals surface area contributed by atoms with Crippen molar-refractivity contribution in [2.45, 2.75) is 12.8 Å². The number of hydrogen-bond donors (Lipinski definition) is 1. The molecule has 4 nitrogen and oxygen atoms in total. The third-order valence-corrected chi connectivity index (χ3v) is 3.96. The monoisotopic (exact) mass is 392 g/mol. The number of ether oxygens (including phenoxy) is 1. The minimum Gasteiger partial charge on any atom is -0.385 e. The van der Waals surface area contributed by atoms with Gasteiger partial charge in [-0.1, -0.05) is 28.1 Å². The van der Waals surface area contributed by atoms with Crippen molar-refractivity contribution in [2.24, 2.45) is 5.92 Å². The van der Waals surface area contributed by atoms with Crippen molar-refractivity contribution in [1.82, 2.24) is 10.2 Å². The standard InChI is InChI=1S/C16H25BrN2O2.ClH/c1-18-8-9-19(2)16(20)14(7-10-21-3)11-13-5-4-6-15(17)12-13;/h4-6,12,14,18H,7-11H2,1-3H3;1H. The molecule has 0 saturated heterocycles. The van der Waals surface area contributed by atoms with E-state index in [0.717, 1.165) is 30.4 Å². The first-order valence-electron chi connectivity index (χ1n) is 7.21. The van der Waals surface area contributed by atoms with Crippen LogP contribution in [-0.4, -0.2) is 51.7 Å². The molecule has 1 unspecified atom stereocenters. The normalized spacial score (nSPS) is 11.6. The van der Waals surface area contributed by atoms with Gasteiger partial charge in [0.15, 0.2) is 0 Å². The number of amides is 1. The van der Waals surface area contributed by atoms with Crippen LogP contribution in [0.5, 0.6) is 0 Å². The molecule has 0 saturated carbocycles. The maximum atomic E-state index is 12.6. The number of hydrogen-bond acceptors (Lipinski definition) is 3. The highest BCUT2D eigenvalue weighted by Crippen LogP contribution is 2.18. The van der Waals surface area contributed by atoms with Gasteiger partial charge in [0.05, 0.1) is 0 Å². The average molecular weight is 394 g/mol. The van der Waals surface area contributed by atoms with Crippen LogP contribution in [0.2, 0.25) is 0 Å². The average Bonchev–Trinajstić information content (AvgIpc) is 2.48. The summed E-state index contributed by atoms with van der Waals surface area (Å²) < 4.78 is 6.20. The van der Waals surface area contributed by atoms with Gasteiger partial charge in [-0.3, -0.25) is 4.79 Å². The summed E-state index contributed by atoms with van der Waals surface area (Å²) in [6.07, 6.45) is 1.48. The van der Waals surface area contributed by atoms with Crippen LogP contribution in [0.4, 0.5) is 0 Å². The fourth-order valence-electron chi connectivity index (χ4n) is 2.22. The topological polar surface area (TPSA) is 41.6 Å². The first-order chi connectivity index (χ1) is 10.1. The first-order valence-corrected chi connectivity index (χ1v) is 8.00. The van der Waals surface area contributed by atoms with Gasteiger partial charge in [0.25, 0.3) is 0 Å². The van der Waals surface area contributed by atoms with Gasteiger partial charge in [0.1, 0.15) is 0 Å². The molecule has 1 amide bonds. The predicted octanol–water partition coefficient (Wildman–Crippen LogP) is 2.74. The van der Waals surface area contributed by atoms with Gasteiger partial charge >= 0.3 is 0 Å². The lowest BCUT2D eigenvalue weighted by Crippen LogP contribution is -2.38. The maximum Gasteiger partial charge on any atom is 0.225 e. The number of rotatable bonds is 9. The molecule has 0 aliphatic rings. The van der Waals surface area contributed by atoms with E-state index < -0.39 is 0 Å². The van der Waals surface area contributed by atoms with Crippen LogP contribution < -0.4 is 5.32 Å². The van der Waals surface area contributed by atoms with Crippen molar-refractivity contribution >= 4 is 34.2 Å². The molecule has 126 valence electrons. The highest BCUT2D eigenvalue weighted by atomic mass is 79.9. The predicted molar refractivity (Wildman–Crippen MR) is 96.6 cm³/mol. The quantitative estimate of drug-likeness (QED) is 0.701. The summed E-state index contributed by atoms with van der Waals surface area (Å²) in [5.41, 5.74) is 1.17. The molecular formula is C16H26BrClN2O2. The molecule has 0 spiro atoms. The van der Waals surface area contributed by atoms with E-state index in [1.54, 1.807) is 12.0 Å². The van der Waals surface area contributed by atoms with Crippen LogP contribution in [0, 0.1) is 5.92 Å². The Morgan fingerprint density at radius 3 is 2.77 bits per heavy atom. The molecule has 22 heavy (non-hydrogen) atoms. The second kappa shape index (κ2) is 11.9. The lowest BCUT2D eigenvalue weighted by molar-refractivity contribution is -0.134. The van der Waals surface area contributed by atoms with Crippen LogP contribution >= 0.6 is 28.3 Å². The maximum absolute atomic E-state index is 12.6. The number of carbonyl (C=O) groups excluding carboxylic acids is 1. The van der Waals surface area contributed by atoms with E-state index >= 15 is 0 Å². The van der Waals surface area contributed by atoms with Crippen molar-refractivity contribution in [3.8, 4) is 0 Å². The Morgan fingerprint density at radius 2 is 2.18 bits per heavy atom. The number of nitrogens with zero attached hydrogens (tertiary/aromatic N) is 1. The SMILES string of the molecule is CNCCN(C)C(=O)C(CCOC)Cc1cccc(Br)c1.Cl. The number of methoxy groups -OCH3 is 1. The van der Waals surface area contributed by atoms with E-state index in [0.29, 0.717) is 6.61 Å². The summed E-state index contributed by atoms with van der Waals surface area (Å²) in [5.74, 6) is 0.142. The zero-order valence-corrected chi connectivity index (χ0v) is 15.9. The summed E-state index contributed by atoms with van der Waals surface area (Å²) in [6, 6.07) is 8.13. The second-order valence-electron chi connectivity index (χ2n) is 5.18. The Labute approximate surface area is 148 Å². The van der Waals surface area contributed by atoms with E-state index in [-0.39, 0.29) is 24.2 Å². The molecule has 0 fully saturated rings. The molecule has 0 radical (unpaired) electrons. The van der Waals surface area contributed by atoms with Crippen molar-refractivity contribution in [2.75, 3.05) is 40.9 Å². The van der Waals surface area contributed by atoms with Crippen LogP contribution in [0.1, 0.15) is 12.0 Å². The van der Waals surface area contributed by atoms with Gasteiger partial charge < -0.3 is 15.0 Å². The lowest BCUT2D eigenvalue weighted by Gasteiger charge is -2.24. The molecule has 1 N–H and O–H groups in total. The summed E-state index contributed by atoms with van der Waals surface area (Å²) in [7, 11) is 5.42. The van der Waals surface area contributed by atoms with Gasteiger partial charge in [-0.05, 0) is 37.6 Å². The van der Waals surface area contributed by atoms with Gasteiger partial charge in [-0.25, -0.2) is 0 Å². The molecule has 0 aromatic heterocycles. The molecule has 1 aromatic carbocycles. The van der Waals surface area contributed by atoms with E-state index in [2.05, 4.69) is 33.4 Å². The van der Waals surface area contributed by atoms with E-state index in [1.165, 1.54) is 5.56 Å². The summed E-state index contributed by atoms with van der Waals surface area (Å²) in [4.78, 5) is 14.4. The number of likely N-dealkylation sites (N-methyl/N-ethyl adjacent to an activating group) is 2. The van der Waals surface area contributed by atoms with Gasteiger partial charge in [0.2, 0.25) is 5.91 Å². The molecular weight excluding hydrogens is 368 g/mol. The molecule has 0 aliphatic heterocycles. The van der Waals surface area contributed by atoms with E-state index in [9.17, 15) is 4.79 Å². The summed E-state index contributed by atoms with van der Waals surface area (Å²) in [6.45, 7) is 2.12. The lowest BCUT2D eigenvalue weighted by atomic mass is 9.95. The third kappa shape index (κ3) is 7.58. The minimum absolute atomic E-state index is 0. The third-order valence-electron chi connectivity index (χ3n) is 3.46. The number of carbonyl (C=O) groups is 1. The van der Waals surface area contributed by atoms with Crippen LogP contribution in [0.3, 0.4) is 0 Å². The summed E-state index contributed by atoms with van der Waals surface area (Å²) >= 11 is 3.48. The summed E-state index contributed by atoms with van der Waals surface area (Å²) in [5, 5.41) is 3.07. The van der Waals surface area contributed by atoms with Crippen molar-refractivity contribution < 1.29 is 9.53 Å². The fourth-order valence-corrected chi connectivity index (χ4v) is 2.67. The van der Waals surface area contributed by atoms with Crippen LogP contribution in [0.25, 0.3) is 0 Å². The Morgan fingerprint density at radius 1 is 1.45 bits per heavy atom. The van der Waals surface area contributed by atoms with Crippen LogP contribution in [-0.2, 0) is 16.0 Å². The van der Waals surface area contributed by atoms with Crippen molar-refractivity contribution in [3.05, 3.63) is 34.3 Å². The second-order valence-corrected chi connectivity index (χ2v) is 6.09.